The van der Waals surface area contributed by atoms with Crippen LogP contribution in [-0.4, -0.2) is 58.3 Å². The highest BCUT2D eigenvalue weighted by atomic mass is 16.5. The van der Waals surface area contributed by atoms with Crippen LogP contribution >= 0.6 is 0 Å². The minimum atomic E-state index is -0.0929. The first kappa shape index (κ1) is 18.5. The normalized spacial score (nSPS) is 24.8. The van der Waals surface area contributed by atoms with Gasteiger partial charge in [-0.15, -0.1) is 0 Å². The van der Waals surface area contributed by atoms with E-state index in [1.165, 1.54) is 0 Å². The van der Waals surface area contributed by atoms with Gasteiger partial charge in [0.05, 0.1) is 5.60 Å². The van der Waals surface area contributed by atoms with E-state index in [0.717, 1.165) is 71.2 Å². The van der Waals surface area contributed by atoms with Crippen molar-refractivity contribution >= 4 is 11.8 Å². The maximum atomic E-state index is 12.6. The Morgan fingerprint density at radius 1 is 1.30 bits per heavy atom. The van der Waals surface area contributed by atoms with Crippen molar-refractivity contribution in [1.29, 1.82) is 0 Å². The van der Waals surface area contributed by atoms with Crippen molar-refractivity contribution in [3.8, 4) is 0 Å². The predicted octanol–water partition coefficient (Wildman–Crippen LogP) is 1.74. The van der Waals surface area contributed by atoms with Crippen LogP contribution in [0.2, 0.25) is 0 Å². The Morgan fingerprint density at radius 3 is 2.74 bits per heavy atom. The number of amides is 2. The Morgan fingerprint density at radius 2 is 2.07 bits per heavy atom. The van der Waals surface area contributed by atoms with Gasteiger partial charge in [0, 0.05) is 45.4 Å². The molecule has 1 aliphatic carbocycles. The molecule has 7 heteroatoms. The number of nitrogens with zero attached hydrogens (tertiary/aromatic N) is 3. The molecular formula is C20H30N4O3. The summed E-state index contributed by atoms with van der Waals surface area (Å²) in [6, 6.07) is 1.77. The van der Waals surface area contributed by atoms with Gasteiger partial charge in [0.25, 0.3) is 5.91 Å². The van der Waals surface area contributed by atoms with Gasteiger partial charge in [-0.3, -0.25) is 14.3 Å². The first-order chi connectivity index (χ1) is 13.0. The van der Waals surface area contributed by atoms with Gasteiger partial charge in [0.2, 0.25) is 5.91 Å². The molecule has 3 fully saturated rings. The van der Waals surface area contributed by atoms with E-state index in [-0.39, 0.29) is 23.3 Å². The van der Waals surface area contributed by atoms with Crippen molar-refractivity contribution in [1.82, 2.24) is 20.0 Å². The third-order valence-electron chi connectivity index (χ3n) is 6.29. The zero-order chi connectivity index (χ0) is 18.9. The van der Waals surface area contributed by atoms with E-state index >= 15 is 0 Å². The van der Waals surface area contributed by atoms with Gasteiger partial charge >= 0.3 is 0 Å². The molecule has 1 N–H and O–H groups in total. The highest BCUT2D eigenvalue weighted by Gasteiger charge is 2.41. The minimum absolute atomic E-state index is 0.0144. The summed E-state index contributed by atoms with van der Waals surface area (Å²) in [7, 11) is 1.82. The lowest BCUT2D eigenvalue weighted by Crippen LogP contribution is -2.51. The topological polar surface area (TPSA) is 76.5 Å². The molecule has 2 aliphatic heterocycles. The van der Waals surface area contributed by atoms with Crippen molar-refractivity contribution in [2.24, 2.45) is 18.9 Å². The Hall–Kier alpha value is -1.89. The molecule has 1 atom stereocenters. The highest BCUT2D eigenvalue weighted by Crippen LogP contribution is 2.39. The summed E-state index contributed by atoms with van der Waals surface area (Å²) in [5, 5.41) is 7.31. The number of likely N-dealkylation sites (tertiary alicyclic amines) is 1. The van der Waals surface area contributed by atoms with Gasteiger partial charge in [-0.1, -0.05) is 0 Å². The van der Waals surface area contributed by atoms with Crippen LogP contribution in [-0.2, 0) is 16.6 Å². The van der Waals surface area contributed by atoms with Crippen LogP contribution in [0.4, 0.5) is 0 Å². The molecule has 3 heterocycles. The van der Waals surface area contributed by atoms with Crippen LogP contribution < -0.4 is 5.32 Å². The second-order valence-electron chi connectivity index (χ2n) is 8.41. The molecule has 0 aromatic carbocycles. The van der Waals surface area contributed by atoms with Gasteiger partial charge in [-0.05, 0) is 56.9 Å². The maximum Gasteiger partial charge on any atom is 0.274 e. The van der Waals surface area contributed by atoms with Crippen molar-refractivity contribution in [2.45, 2.75) is 50.5 Å². The smallest absolute Gasteiger partial charge is 0.274 e. The zero-order valence-corrected chi connectivity index (χ0v) is 16.2. The Kier molecular flexibility index (Phi) is 5.21. The Balaban J connectivity index is 1.25. The fourth-order valence-electron chi connectivity index (χ4n) is 4.42. The average Bonchev–Trinajstić information content (AvgIpc) is 3.43. The predicted molar refractivity (Wildman–Crippen MR) is 100 cm³/mol. The molecule has 1 unspecified atom stereocenters. The van der Waals surface area contributed by atoms with E-state index in [1.54, 1.807) is 16.9 Å². The van der Waals surface area contributed by atoms with Crippen molar-refractivity contribution in [3.63, 3.8) is 0 Å². The highest BCUT2D eigenvalue weighted by molar-refractivity contribution is 5.92. The molecule has 2 saturated heterocycles. The van der Waals surface area contributed by atoms with Crippen LogP contribution in [0.25, 0.3) is 0 Å². The number of ether oxygens (including phenoxy) is 1. The molecule has 3 aliphatic rings. The second kappa shape index (κ2) is 7.62. The van der Waals surface area contributed by atoms with E-state index < -0.39 is 0 Å². The number of hydrogen-bond donors (Lipinski definition) is 1. The third-order valence-corrected chi connectivity index (χ3v) is 6.29. The number of nitrogens with one attached hydrogen (secondary N) is 1. The number of piperidine rings is 1. The van der Waals surface area contributed by atoms with E-state index in [1.807, 2.05) is 11.9 Å². The van der Waals surface area contributed by atoms with Gasteiger partial charge in [0.1, 0.15) is 5.69 Å². The molecule has 2 amide bonds. The fraction of sp³-hybridized carbons (Fsp3) is 0.750. The number of hydrogen-bond acceptors (Lipinski definition) is 4. The lowest BCUT2D eigenvalue weighted by molar-refractivity contribution is -0.125. The Labute approximate surface area is 160 Å². The molecule has 27 heavy (non-hydrogen) atoms. The molecule has 1 spiro atoms. The van der Waals surface area contributed by atoms with Crippen molar-refractivity contribution in [2.75, 3.05) is 26.2 Å². The minimum Gasteiger partial charge on any atom is -0.375 e. The molecular weight excluding hydrogens is 344 g/mol. The SMILES string of the molecule is Cn1ccc(C(=O)N2CCC3(CC2)CC(CCNC(=O)C2CC2)CCO3)n1. The van der Waals surface area contributed by atoms with Crippen LogP contribution in [0.15, 0.2) is 12.3 Å². The van der Waals surface area contributed by atoms with Crippen LogP contribution in [0.3, 0.4) is 0 Å². The van der Waals surface area contributed by atoms with Gasteiger partial charge in [0.15, 0.2) is 0 Å². The third kappa shape index (κ3) is 4.34. The quantitative estimate of drug-likeness (QED) is 0.852. The first-order valence-corrected chi connectivity index (χ1v) is 10.3. The molecule has 7 nitrogen and oxygen atoms in total. The monoisotopic (exact) mass is 374 g/mol. The molecule has 0 bridgehead atoms. The molecule has 4 rings (SSSR count). The number of rotatable bonds is 5. The lowest BCUT2D eigenvalue weighted by atomic mass is 9.78. The van der Waals surface area contributed by atoms with E-state index in [4.69, 9.17) is 4.74 Å². The molecule has 1 aromatic heterocycles. The van der Waals surface area contributed by atoms with E-state index in [9.17, 15) is 9.59 Å². The average molecular weight is 374 g/mol. The number of aryl methyl sites for hydroxylation is 1. The standard InChI is InChI=1S/C20H30N4O3/c1-23-10-5-17(22-23)19(26)24-11-7-20(8-12-24)14-15(6-13-27-20)4-9-21-18(25)16-2-3-16/h5,10,15-16H,2-4,6-9,11-14H2,1H3,(H,21,25). The summed E-state index contributed by atoms with van der Waals surface area (Å²) in [5.41, 5.74) is 0.423. The summed E-state index contributed by atoms with van der Waals surface area (Å²) in [5.74, 6) is 1.13. The largest absolute Gasteiger partial charge is 0.375 e. The first-order valence-electron chi connectivity index (χ1n) is 10.3. The Bertz CT molecular complexity index is 689. The summed E-state index contributed by atoms with van der Waals surface area (Å²) in [6.45, 7) is 3.01. The summed E-state index contributed by atoms with van der Waals surface area (Å²) in [4.78, 5) is 26.3. The van der Waals surface area contributed by atoms with Gasteiger partial charge in [-0.25, -0.2) is 0 Å². The van der Waals surface area contributed by atoms with Crippen molar-refractivity contribution < 1.29 is 14.3 Å². The summed E-state index contributed by atoms with van der Waals surface area (Å²) >= 11 is 0. The van der Waals surface area contributed by atoms with Crippen LogP contribution in [0.5, 0.6) is 0 Å². The van der Waals surface area contributed by atoms with E-state index in [2.05, 4.69) is 10.4 Å². The lowest BCUT2D eigenvalue weighted by Gasteiger charge is -2.46. The molecule has 1 aromatic rings. The summed E-state index contributed by atoms with van der Waals surface area (Å²) in [6.07, 6.45) is 8.82. The van der Waals surface area contributed by atoms with Gasteiger partial charge < -0.3 is 15.0 Å². The molecule has 148 valence electrons. The van der Waals surface area contributed by atoms with Crippen molar-refractivity contribution in [3.05, 3.63) is 18.0 Å². The van der Waals surface area contributed by atoms with E-state index in [0.29, 0.717) is 11.6 Å². The second-order valence-corrected chi connectivity index (χ2v) is 8.41. The van der Waals surface area contributed by atoms with Crippen LogP contribution in [0, 0.1) is 11.8 Å². The number of carbonyl (C=O) groups excluding carboxylic acids is 2. The molecule has 0 radical (unpaired) electrons. The van der Waals surface area contributed by atoms with Crippen LogP contribution in [0.1, 0.15) is 55.4 Å². The summed E-state index contributed by atoms with van der Waals surface area (Å²) < 4.78 is 7.87. The zero-order valence-electron chi connectivity index (χ0n) is 16.2. The number of aromatic nitrogens is 2. The van der Waals surface area contributed by atoms with Gasteiger partial charge in [-0.2, -0.15) is 5.10 Å². The maximum absolute atomic E-state index is 12.6. The molecule has 1 saturated carbocycles. The fourth-order valence-corrected chi connectivity index (χ4v) is 4.42. The number of carbonyl (C=O) groups is 2.